The maximum atomic E-state index is 12.2. The molecule has 0 atom stereocenters. The van der Waals surface area contributed by atoms with E-state index < -0.39 is 22.5 Å². The smallest absolute Gasteiger partial charge is 0.240 e. The Labute approximate surface area is 170 Å². The first kappa shape index (κ1) is 22.0. The van der Waals surface area contributed by atoms with Crippen molar-refractivity contribution >= 4 is 33.2 Å². The Kier molecular flexibility index (Phi) is 8.10. The maximum Gasteiger partial charge on any atom is 0.240 e. The quantitative estimate of drug-likeness (QED) is 0.590. The molecule has 0 bridgehead atoms. The van der Waals surface area contributed by atoms with Crippen molar-refractivity contribution in [2.24, 2.45) is 0 Å². The van der Waals surface area contributed by atoms with Crippen molar-refractivity contribution in [3.05, 3.63) is 59.1 Å². The van der Waals surface area contributed by atoms with Gasteiger partial charge in [-0.15, -0.1) is 0 Å². The minimum Gasteiger partial charge on any atom is -0.495 e. The number of nitrogens with zero attached hydrogens (tertiary/aromatic N) is 1. The maximum absolute atomic E-state index is 12.2. The number of sulfonamides is 1. The Morgan fingerprint density at radius 2 is 1.89 bits per heavy atom. The zero-order valence-corrected chi connectivity index (χ0v) is 17.3. The number of benzene rings is 2. The molecule has 1 N–H and O–H groups in total. The predicted octanol–water partition coefficient (Wildman–Crippen LogP) is 2.45. The van der Waals surface area contributed by atoms with Gasteiger partial charge in [0, 0.05) is 11.6 Å². The molecule has 0 aromatic heterocycles. The van der Waals surface area contributed by atoms with Crippen molar-refractivity contribution in [2.45, 2.75) is 6.61 Å². The van der Waals surface area contributed by atoms with Crippen molar-refractivity contribution in [2.75, 3.05) is 37.4 Å². The van der Waals surface area contributed by atoms with Crippen LogP contribution in [0.5, 0.6) is 5.75 Å². The first-order valence-corrected chi connectivity index (χ1v) is 10.7. The van der Waals surface area contributed by atoms with Gasteiger partial charge in [0.05, 0.1) is 32.3 Å². The number of carbonyl (C=O) groups excluding carboxylic acids is 1. The number of anilines is 1. The molecule has 152 valence electrons. The van der Waals surface area contributed by atoms with Crippen LogP contribution in [0.15, 0.2) is 48.5 Å². The third-order valence-corrected chi connectivity index (χ3v) is 5.14. The summed E-state index contributed by atoms with van der Waals surface area (Å²) in [4.78, 5) is 12.2. The highest BCUT2D eigenvalue weighted by molar-refractivity contribution is 7.92. The molecule has 28 heavy (non-hydrogen) atoms. The summed E-state index contributed by atoms with van der Waals surface area (Å²) < 4.78 is 36.1. The van der Waals surface area contributed by atoms with Gasteiger partial charge >= 0.3 is 0 Å². The molecule has 2 rings (SSSR count). The molecule has 7 nitrogen and oxygen atoms in total. The van der Waals surface area contributed by atoms with E-state index >= 15 is 0 Å². The normalized spacial score (nSPS) is 11.1. The molecule has 2 aromatic rings. The van der Waals surface area contributed by atoms with E-state index in [9.17, 15) is 13.2 Å². The highest BCUT2D eigenvalue weighted by Crippen LogP contribution is 2.32. The van der Waals surface area contributed by atoms with Crippen molar-refractivity contribution < 1.29 is 22.7 Å². The van der Waals surface area contributed by atoms with Crippen LogP contribution in [0.1, 0.15) is 5.56 Å². The van der Waals surface area contributed by atoms with Crippen molar-refractivity contribution in [3.8, 4) is 5.75 Å². The van der Waals surface area contributed by atoms with Crippen molar-refractivity contribution in [3.63, 3.8) is 0 Å². The fourth-order valence-corrected chi connectivity index (χ4v) is 3.47. The Hall–Kier alpha value is -2.29. The molecule has 0 unspecified atom stereocenters. The Morgan fingerprint density at radius 3 is 2.54 bits per heavy atom. The third-order valence-electron chi connectivity index (χ3n) is 3.78. The number of methoxy groups -OCH3 is 1. The van der Waals surface area contributed by atoms with E-state index in [0.717, 1.165) is 16.1 Å². The van der Waals surface area contributed by atoms with Crippen LogP contribution < -0.4 is 14.4 Å². The molecular weight excluding hydrogens is 404 g/mol. The molecule has 0 saturated carbocycles. The van der Waals surface area contributed by atoms with Crippen molar-refractivity contribution in [1.82, 2.24) is 5.32 Å². The van der Waals surface area contributed by atoms with E-state index in [2.05, 4.69) is 5.32 Å². The topological polar surface area (TPSA) is 84.9 Å². The third kappa shape index (κ3) is 6.70. The number of hydrogen-bond donors (Lipinski definition) is 1. The van der Waals surface area contributed by atoms with Gasteiger partial charge in [-0.1, -0.05) is 41.9 Å². The SMILES string of the molecule is COc1ccc(Cl)cc1N(CC(=O)NCCOCc1ccccc1)S(C)(=O)=O. The number of hydrogen-bond acceptors (Lipinski definition) is 5. The molecule has 1 amide bonds. The molecule has 0 fully saturated rings. The molecule has 0 heterocycles. The van der Waals surface area contributed by atoms with Crippen LogP contribution in [-0.2, 0) is 26.2 Å². The van der Waals surface area contributed by atoms with Crippen LogP contribution in [0, 0.1) is 0 Å². The highest BCUT2D eigenvalue weighted by Gasteiger charge is 2.24. The summed E-state index contributed by atoms with van der Waals surface area (Å²) >= 11 is 5.98. The van der Waals surface area contributed by atoms with Crippen LogP contribution in [0.25, 0.3) is 0 Å². The van der Waals surface area contributed by atoms with Gasteiger partial charge in [0.1, 0.15) is 12.3 Å². The summed E-state index contributed by atoms with van der Waals surface area (Å²) in [7, 11) is -2.32. The standard InChI is InChI=1S/C19H23ClN2O5S/c1-26-18-9-8-16(20)12-17(18)22(28(2,24)25)13-19(23)21-10-11-27-14-15-6-4-3-5-7-15/h3-9,12H,10-11,13-14H2,1-2H3,(H,21,23). The molecule has 0 aliphatic heterocycles. The van der Waals surface area contributed by atoms with Crippen LogP contribution in [0.4, 0.5) is 5.69 Å². The van der Waals surface area contributed by atoms with Gasteiger partial charge in [0.2, 0.25) is 15.9 Å². The van der Waals surface area contributed by atoms with Crippen molar-refractivity contribution in [1.29, 1.82) is 0 Å². The summed E-state index contributed by atoms with van der Waals surface area (Å²) in [6.45, 7) is 0.607. The Bertz CT molecular complexity index is 890. The van der Waals surface area contributed by atoms with Crippen LogP contribution in [0.2, 0.25) is 5.02 Å². The Morgan fingerprint density at radius 1 is 1.18 bits per heavy atom. The number of amides is 1. The van der Waals surface area contributed by atoms with E-state index in [1.54, 1.807) is 12.1 Å². The van der Waals surface area contributed by atoms with Gasteiger partial charge in [-0.2, -0.15) is 0 Å². The molecular formula is C19H23ClN2O5S. The van der Waals surface area contributed by atoms with E-state index in [4.69, 9.17) is 21.1 Å². The lowest BCUT2D eigenvalue weighted by Gasteiger charge is -2.24. The fraction of sp³-hybridized carbons (Fsp3) is 0.316. The molecule has 0 spiro atoms. The zero-order chi connectivity index (χ0) is 20.6. The van der Waals surface area contributed by atoms with E-state index in [1.807, 2.05) is 30.3 Å². The number of nitrogens with one attached hydrogen (secondary N) is 1. The van der Waals surface area contributed by atoms with E-state index in [1.165, 1.54) is 13.2 Å². The van der Waals surface area contributed by atoms with Gasteiger partial charge in [0.25, 0.3) is 0 Å². The largest absolute Gasteiger partial charge is 0.495 e. The lowest BCUT2D eigenvalue weighted by atomic mass is 10.2. The molecule has 9 heteroatoms. The molecule has 0 radical (unpaired) electrons. The van der Waals surface area contributed by atoms with Gasteiger partial charge in [-0.05, 0) is 23.8 Å². The zero-order valence-electron chi connectivity index (χ0n) is 15.7. The average molecular weight is 427 g/mol. The van der Waals surface area contributed by atoms with Gasteiger partial charge in [0.15, 0.2) is 0 Å². The molecule has 0 aliphatic rings. The van der Waals surface area contributed by atoms with Crippen LogP contribution >= 0.6 is 11.6 Å². The summed E-state index contributed by atoms with van der Waals surface area (Å²) in [6.07, 6.45) is 1.02. The Balaban J connectivity index is 1.92. The van der Waals surface area contributed by atoms with Gasteiger partial charge < -0.3 is 14.8 Å². The van der Waals surface area contributed by atoms with Crippen LogP contribution in [0.3, 0.4) is 0 Å². The minimum absolute atomic E-state index is 0.202. The first-order valence-electron chi connectivity index (χ1n) is 8.51. The summed E-state index contributed by atoms with van der Waals surface area (Å²) in [5.41, 5.74) is 1.23. The summed E-state index contributed by atoms with van der Waals surface area (Å²) in [5.74, 6) is -0.162. The number of ether oxygens (including phenoxy) is 2. The van der Waals surface area contributed by atoms with Gasteiger partial charge in [-0.3, -0.25) is 9.10 Å². The first-order chi connectivity index (χ1) is 13.3. The number of carbonyl (C=O) groups is 1. The second-order valence-corrected chi connectivity index (χ2v) is 8.32. The average Bonchev–Trinajstić information content (AvgIpc) is 2.65. The molecule has 0 aliphatic carbocycles. The van der Waals surface area contributed by atoms with Gasteiger partial charge in [-0.25, -0.2) is 8.42 Å². The summed E-state index contributed by atoms with van der Waals surface area (Å²) in [6, 6.07) is 14.2. The second kappa shape index (κ2) is 10.3. The predicted molar refractivity (Wildman–Crippen MR) is 109 cm³/mol. The second-order valence-electron chi connectivity index (χ2n) is 5.97. The summed E-state index contributed by atoms with van der Waals surface area (Å²) in [5, 5.41) is 2.98. The van der Waals surface area contributed by atoms with E-state index in [-0.39, 0.29) is 12.2 Å². The highest BCUT2D eigenvalue weighted by atomic mass is 35.5. The number of halogens is 1. The minimum atomic E-state index is -3.73. The van der Waals surface area contributed by atoms with E-state index in [0.29, 0.717) is 24.0 Å². The molecule has 0 saturated heterocycles. The molecule has 2 aromatic carbocycles. The lowest BCUT2D eigenvalue weighted by Crippen LogP contribution is -2.41. The van der Waals surface area contributed by atoms with Crippen LogP contribution in [-0.4, -0.2) is 47.4 Å². The number of rotatable bonds is 10. The lowest BCUT2D eigenvalue weighted by molar-refractivity contribution is -0.119. The monoisotopic (exact) mass is 426 g/mol. The fourth-order valence-electron chi connectivity index (χ4n) is 2.45.